The summed E-state index contributed by atoms with van der Waals surface area (Å²) in [5.74, 6) is 1.98. The highest BCUT2D eigenvalue weighted by Gasteiger charge is 2.24. The minimum atomic E-state index is -0.186. The molecule has 1 N–H and O–H groups in total. The van der Waals surface area contributed by atoms with Gasteiger partial charge in [-0.2, -0.15) is 0 Å². The molecule has 0 saturated carbocycles. The minimum Gasteiger partial charge on any atom is -0.485 e. The van der Waals surface area contributed by atoms with Crippen molar-refractivity contribution in [2.24, 2.45) is 0 Å². The molecule has 1 aliphatic rings. The highest BCUT2D eigenvalue weighted by molar-refractivity contribution is 5.99. The van der Waals surface area contributed by atoms with E-state index in [1.54, 1.807) is 6.20 Å². The zero-order chi connectivity index (χ0) is 22.5. The van der Waals surface area contributed by atoms with E-state index in [9.17, 15) is 4.79 Å². The molecule has 166 valence electrons. The number of aromatic nitrogens is 3. The fourth-order valence-electron chi connectivity index (χ4n) is 4.62. The first-order valence-electron chi connectivity index (χ1n) is 11.5. The quantitative estimate of drug-likeness (QED) is 0.397. The van der Waals surface area contributed by atoms with Gasteiger partial charge in [-0.05, 0) is 72.2 Å². The molecule has 2 aromatic carbocycles. The number of ketones is 1. The van der Waals surface area contributed by atoms with Gasteiger partial charge >= 0.3 is 0 Å². The summed E-state index contributed by atoms with van der Waals surface area (Å²) in [6, 6.07) is 18.3. The Labute approximate surface area is 193 Å². The molecule has 0 amide bonds. The Bertz CT molecular complexity index is 1200. The van der Waals surface area contributed by atoms with E-state index in [4.69, 9.17) is 4.74 Å². The van der Waals surface area contributed by atoms with Crippen LogP contribution in [-0.2, 0) is 25.7 Å². The van der Waals surface area contributed by atoms with E-state index in [0.29, 0.717) is 12.8 Å². The number of aryl methyl sites for hydroxylation is 1. The summed E-state index contributed by atoms with van der Waals surface area (Å²) in [5.41, 5.74) is 5.50. The number of carbonyl (C=O) groups excluding carboxylic acids is 1. The molecular weight excluding hydrogens is 410 g/mol. The maximum atomic E-state index is 12.6. The second kappa shape index (κ2) is 9.82. The molecule has 2 heterocycles. The third-order valence-corrected chi connectivity index (χ3v) is 6.31. The number of pyridine rings is 1. The van der Waals surface area contributed by atoms with Gasteiger partial charge < -0.3 is 9.72 Å². The zero-order valence-electron chi connectivity index (χ0n) is 18.5. The number of nitrogens with zero attached hydrogens (tertiary/aromatic N) is 2. The van der Waals surface area contributed by atoms with Crippen LogP contribution in [0, 0.1) is 0 Å². The number of rotatable bonds is 8. The maximum Gasteiger partial charge on any atom is 0.163 e. The average Bonchev–Trinajstić information content (AvgIpc) is 3.37. The Morgan fingerprint density at radius 1 is 0.939 bits per heavy atom. The molecule has 1 aliphatic carbocycles. The second-order valence-electron chi connectivity index (χ2n) is 8.46. The van der Waals surface area contributed by atoms with Gasteiger partial charge in [0.15, 0.2) is 5.78 Å². The van der Waals surface area contributed by atoms with Crippen LogP contribution in [0.1, 0.15) is 57.4 Å². The van der Waals surface area contributed by atoms with Gasteiger partial charge in [0.2, 0.25) is 0 Å². The minimum absolute atomic E-state index is 0.186. The molecule has 0 radical (unpaired) electrons. The number of nitrogens with one attached hydrogen (secondary N) is 1. The summed E-state index contributed by atoms with van der Waals surface area (Å²) in [4.78, 5) is 24.4. The predicted molar refractivity (Wildman–Crippen MR) is 127 cm³/mol. The molecule has 0 spiro atoms. The summed E-state index contributed by atoms with van der Waals surface area (Å²) in [6.45, 7) is 0. The molecular formula is C28H27N3O2. The average molecular weight is 438 g/mol. The predicted octanol–water partition coefficient (Wildman–Crippen LogP) is 5.47. The van der Waals surface area contributed by atoms with Crippen LogP contribution < -0.4 is 4.74 Å². The second-order valence-corrected chi connectivity index (χ2v) is 8.46. The van der Waals surface area contributed by atoms with Gasteiger partial charge in [-0.1, -0.05) is 30.3 Å². The lowest BCUT2D eigenvalue weighted by molar-refractivity contribution is 0.0972. The summed E-state index contributed by atoms with van der Waals surface area (Å²) < 4.78 is 6.71. The molecule has 2 aromatic heterocycles. The van der Waals surface area contributed by atoms with E-state index >= 15 is 0 Å². The third-order valence-electron chi connectivity index (χ3n) is 6.31. The number of hydrogen-bond donors (Lipinski definition) is 1. The molecule has 0 aliphatic heterocycles. The Morgan fingerprint density at radius 2 is 1.79 bits per heavy atom. The van der Waals surface area contributed by atoms with Crippen LogP contribution in [0.15, 0.2) is 79.4 Å². The molecule has 5 heteroatoms. The van der Waals surface area contributed by atoms with E-state index in [1.807, 2.05) is 61.1 Å². The number of benzene rings is 2. The van der Waals surface area contributed by atoms with Crippen molar-refractivity contribution in [1.82, 2.24) is 15.0 Å². The van der Waals surface area contributed by atoms with Crippen molar-refractivity contribution in [3.8, 4) is 5.75 Å². The van der Waals surface area contributed by atoms with Gasteiger partial charge in [0.1, 0.15) is 17.7 Å². The lowest BCUT2D eigenvalue weighted by Crippen LogP contribution is -2.17. The van der Waals surface area contributed by atoms with Crippen LogP contribution in [0.5, 0.6) is 5.75 Å². The SMILES string of the molecule is O=C1CCCc2c1ccc(O[C@@H](Cc1ncc[nH]1)c1ccccc1)c2CCc1ccncc1. The van der Waals surface area contributed by atoms with E-state index in [0.717, 1.165) is 59.5 Å². The van der Waals surface area contributed by atoms with E-state index < -0.39 is 0 Å². The van der Waals surface area contributed by atoms with Gasteiger partial charge in [-0.15, -0.1) is 0 Å². The van der Waals surface area contributed by atoms with Crippen LogP contribution in [0.4, 0.5) is 0 Å². The Kier molecular flexibility index (Phi) is 6.29. The molecule has 1 atom stereocenters. The lowest BCUT2D eigenvalue weighted by atomic mass is 9.85. The number of aromatic amines is 1. The number of imidazole rings is 1. The normalized spacial score (nSPS) is 14.0. The molecule has 0 unspecified atom stereocenters. The molecule has 33 heavy (non-hydrogen) atoms. The van der Waals surface area contributed by atoms with Crippen molar-refractivity contribution in [2.45, 2.75) is 44.6 Å². The van der Waals surface area contributed by atoms with Crippen molar-refractivity contribution in [1.29, 1.82) is 0 Å². The van der Waals surface area contributed by atoms with E-state index in [1.165, 1.54) is 5.56 Å². The standard InChI is InChI=1S/C28H27N3O2/c32-25-8-4-7-22-23(25)11-12-26(24(22)10-9-20-13-15-29-16-14-20)33-27(19-28-30-17-18-31-28)21-5-2-1-3-6-21/h1-3,5-6,11-18,27H,4,7-10,19H2,(H,30,31)/t27-/m0/s1. The van der Waals surface area contributed by atoms with Crippen LogP contribution in [0.3, 0.4) is 0 Å². The monoisotopic (exact) mass is 437 g/mol. The van der Waals surface area contributed by atoms with Crippen LogP contribution in [0.25, 0.3) is 0 Å². The number of fused-ring (bicyclic) bond motifs is 1. The highest BCUT2D eigenvalue weighted by atomic mass is 16.5. The van der Waals surface area contributed by atoms with Gasteiger partial charge in [0.05, 0.1) is 0 Å². The first kappa shape index (κ1) is 21.1. The largest absolute Gasteiger partial charge is 0.485 e. The van der Waals surface area contributed by atoms with Gasteiger partial charge in [-0.25, -0.2) is 4.98 Å². The molecule has 0 bridgehead atoms. The Balaban J connectivity index is 1.50. The summed E-state index contributed by atoms with van der Waals surface area (Å²) in [6.07, 6.45) is 11.8. The number of carbonyl (C=O) groups is 1. The number of H-pyrrole nitrogens is 1. The zero-order valence-corrected chi connectivity index (χ0v) is 18.5. The van der Waals surface area contributed by atoms with Crippen molar-refractivity contribution in [3.05, 3.63) is 113 Å². The first-order chi connectivity index (χ1) is 16.3. The van der Waals surface area contributed by atoms with Crippen LogP contribution in [-0.4, -0.2) is 20.7 Å². The number of ether oxygens (including phenoxy) is 1. The van der Waals surface area contributed by atoms with Crippen molar-refractivity contribution < 1.29 is 9.53 Å². The van der Waals surface area contributed by atoms with Gasteiger partial charge in [0.25, 0.3) is 0 Å². The first-order valence-corrected chi connectivity index (χ1v) is 11.5. The lowest BCUT2D eigenvalue weighted by Gasteiger charge is -2.25. The fourth-order valence-corrected chi connectivity index (χ4v) is 4.62. The highest BCUT2D eigenvalue weighted by Crippen LogP contribution is 2.35. The van der Waals surface area contributed by atoms with Crippen molar-refractivity contribution in [3.63, 3.8) is 0 Å². The van der Waals surface area contributed by atoms with E-state index in [-0.39, 0.29) is 11.9 Å². The number of Topliss-reactive ketones (excluding diaryl/α,β-unsaturated/α-hetero) is 1. The summed E-state index contributed by atoms with van der Waals surface area (Å²) in [7, 11) is 0. The molecule has 0 fully saturated rings. The van der Waals surface area contributed by atoms with Crippen molar-refractivity contribution in [2.75, 3.05) is 0 Å². The van der Waals surface area contributed by atoms with Gasteiger partial charge in [0, 0.05) is 43.2 Å². The summed E-state index contributed by atoms with van der Waals surface area (Å²) in [5, 5.41) is 0. The van der Waals surface area contributed by atoms with Gasteiger partial charge in [-0.3, -0.25) is 9.78 Å². The Morgan fingerprint density at radius 3 is 2.58 bits per heavy atom. The van der Waals surface area contributed by atoms with Crippen molar-refractivity contribution >= 4 is 5.78 Å². The fraction of sp³-hybridized carbons (Fsp3) is 0.250. The Hall–Kier alpha value is -3.73. The smallest absolute Gasteiger partial charge is 0.163 e. The number of hydrogen-bond acceptors (Lipinski definition) is 4. The molecule has 0 saturated heterocycles. The van der Waals surface area contributed by atoms with Crippen LogP contribution >= 0.6 is 0 Å². The van der Waals surface area contributed by atoms with E-state index in [2.05, 4.69) is 27.1 Å². The maximum absolute atomic E-state index is 12.6. The van der Waals surface area contributed by atoms with Crippen LogP contribution in [0.2, 0.25) is 0 Å². The topological polar surface area (TPSA) is 67.9 Å². The molecule has 5 rings (SSSR count). The summed E-state index contributed by atoms with van der Waals surface area (Å²) >= 11 is 0. The molecule has 5 nitrogen and oxygen atoms in total. The molecule has 4 aromatic rings. The third kappa shape index (κ3) is 4.87.